The fraction of sp³-hybridized carbons (Fsp3) is 0.100. The van der Waals surface area contributed by atoms with Crippen LogP contribution in [0.2, 0.25) is 0 Å². The van der Waals surface area contributed by atoms with Gasteiger partial charge in [0.15, 0.2) is 0 Å². The number of anilines is 1. The minimum absolute atomic E-state index is 0.300. The summed E-state index contributed by atoms with van der Waals surface area (Å²) >= 11 is 0. The van der Waals surface area contributed by atoms with E-state index in [0.29, 0.717) is 16.9 Å². The number of ether oxygens (including phenoxy) is 1. The lowest BCUT2D eigenvalue weighted by Crippen LogP contribution is -2.43. The molecule has 0 aliphatic carbocycles. The summed E-state index contributed by atoms with van der Waals surface area (Å²) in [4.78, 5) is 38.5. The van der Waals surface area contributed by atoms with Gasteiger partial charge in [0.05, 0.1) is 11.6 Å². The second kappa shape index (κ2) is 9.16. The lowest BCUT2D eigenvalue weighted by molar-refractivity contribution is -0.129. The smallest absolute Gasteiger partial charge is 0.286 e. The lowest BCUT2D eigenvalue weighted by atomic mass is 10.2. The molecule has 4 N–H and O–H groups in total. The Hall–Kier alpha value is -4.16. The van der Waals surface area contributed by atoms with Gasteiger partial charge < -0.3 is 15.0 Å². The lowest BCUT2D eigenvalue weighted by Gasteiger charge is -2.08. The molecule has 0 bridgehead atoms. The van der Waals surface area contributed by atoms with Crippen molar-refractivity contribution in [3.05, 3.63) is 65.9 Å². The maximum Gasteiger partial charge on any atom is 0.286 e. The number of rotatable bonds is 6. The molecule has 0 aliphatic rings. The number of hydrogen-bond acceptors (Lipinski definition) is 5. The van der Waals surface area contributed by atoms with E-state index in [-0.39, 0.29) is 6.61 Å². The molecule has 0 saturated carbocycles. The third-order valence-corrected chi connectivity index (χ3v) is 3.85. The zero-order valence-corrected chi connectivity index (χ0v) is 15.2. The molecule has 3 amide bonds. The number of nitrogens with zero attached hydrogens (tertiary/aromatic N) is 1. The first-order valence-corrected chi connectivity index (χ1v) is 8.60. The number of nitrogens with one attached hydrogen (secondary N) is 4. The minimum atomic E-state index is -0.611. The van der Waals surface area contributed by atoms with Crippen molar-refractivity contribution in [1.29, 1.82) is 5.26 Å². The third kappa shape index (κ3) is 5.41. The highest BCUT2D eigenvalue weighted by Gasteiger charge is 2.11. The maximum absolute atomic E-state index is 12.1. The highest BCUT2D eigenvalue weighted by molar-refractivity contribution is 5.98. The Balaban J connectivity index is 1.37. The SMILES string of the molecule is N#Cc1ccc(NC(=O)COCC(=O)NNC(=O)c2cc3ccccc3[nH]2)cc1. The fourth-order valence-corrected chi connectivity index (χ4v) is 2.49. The van der Waals surface area contributed by atoms with Gasteiger partial charge in [0.25, 0.3) is 11.8 Å². The van der Waals surface area contributed by atoms with Crippen molar-refractivity contribution in [2.75, 3.05) is 18.5 Å². The van der Waals surface area contributed by atoms with Crippen LogP contribution in [0, 0.1) is 11.3 Å². The van der Waals surface area contributed by atoms with E-state index in [9.17, 15) is 14.4 Å². The van der Waals surface area contributed by atoms with Crippen LogP contribution in [0.15, 0.2) is 54.6 Å². The van der Waals surface area contributed by atoms with E-state index in [4.69, 9.17) is 10.00 Å². The van der Waals surface area contributed by atoms with Crippen molar-refractivity contribution in [3.8, 4) is 6.07 Å². The van der Waals surface area contributed by atoms with E-state index < -0.39 is 24.3 Å². The number of aromatic nitrogens is 1. The zero-order valence-electron chi connectivity index (χ0n) is 15.2. The van der Waals surface area contributed by atoms with Crippen LogP contribution in [0.25, 0.3) is 10.9 Å². The van der Waals surface area contributed by atoms with E-state index >= 15 is 0 Å². The summed E-state index contributed by atoms with van der Waals surface area (Å²) in [5.41, 5.74) is 6.58. The number of hydrazine groups is 1. The minimum Gasteiger partial charge on any atom is -0.362 e. The number of benzene rings is 2. The Labute approximate surface area is 165 Å². The summed E-state index contributed by atoms with van der Waals surface area (Å²) < 4.78 is 5.02. The molecule has 0 atom stereocenters. The number of carbonyl (C=O) groups excluding carboxylic acids is 3. The second-order valence-electron chi connectivity index (χ2n) is 6.00. The summed E-state index contributed by atoms with van der Waals surface area (Å²) in [6.07, 6.45) is 0. The van der Waals surface area contributed by atoms with E-state index in [0.717, 1.165) is 10.9 Å². The monoisotopic (exact) mass is 391 g/mol. The van der Waals surface area contributed by atoms with Crippen LogP contribution in [0.3, 0.4) is 0 Å². The molecule has 29 heavy (non-hydrogen) atoms. The van der Waals surface area contributed by atoms with Crippen LogP contribution >= 0.6 is 0 Å². The molecule has 9 nitrogen and oxygen atoms in total. The van der Waals surface area contributed by atoms with Gasteiger partial charge in [-0.25, -0.2) is 0 Å². The average Bonchev–Trinajstić information content (AvgIpc) is 3.17. The van der Waals surface area contributed by atoms with Crippen LogP contribution in [-0.2, 0) is 14.3 Å². The number of fused-ring (bicyclic) bond motifs is 1. The molecule has 0 radical (unpaired) electrons. The molecular weight excluding hydrogens is 374 g/mol. The van der Waals surface area contributed by atoms with Crippen molar-refractivity contribution in [1.82, 2.24) is 15.8 Å². The average molecular weight is 391 g/mol. The summed E-state index contributed by atoms with van der Waals surface area (Å²) in [5.74, 6) is -1.57. The van der Waals surface area contributed by atoms with Crippen molar-refractivity contribution < 1.29 is 19.1 Å². The van der Waals surface area contributed by atoms with Gasteiger partial charge in [-0.1, -0.05) is 18.2 Å². The Bertz CT molecular complexity index is 1050. The molecule has 9 heteroatoms. The first-order valence-electron chi connectivity index (χ1n) is 8.60. The van der Waals surface area contributed by atoms with Gasteiger partial charge >= 0.3 is 0 Å². The van der Waals surface area contributed by atoms with Gasteiger partial charge in [-0.05, 0) is 36.4 Å². The molecule has 0 fully saturated rings. The van der Waals surface area contributed by atoms with Crippen molar-refractivity contribution in [3.63, 3.8) is 0 Å². The Kier molecular flexibility index (Phi) is 6.19. The maximum atomic E-state index is 12.1. The van der Waals surface area contributed by atoms with Crippen LogP contribution in [-0.4, -0.2) is 35.9 Å². The van der Waals surface area contributed by atoms with Gasteiger partial charge in [0.1, 0.15) is 18.9 Å². The normalized spacial score (nSPS) is 10.2. The number of carbonyl (C=O) groups is 3. The number of H-pyrrole nitrogens is 1. The molecule has 1 heterocycles. The number of amides is 3. The first kappa shape index (κ1) is 19.6. The van der Waals surface area contributed by atoms with Crippen LogP contribution in [0.5, 0.6) is 0 Å². The van der Waals surface area contributed by atoms with Gasteiger partial charge in [-0.2, -0.15) is 5.26 Å². The van der Waals surface area contributed by atoms with E-state index in [2.05, 4.69) is 21.2 Å². The standard InChI is InChI=1S/C20H17N5O4/c21-10-13-5-7-15(8-6-13)22-18(26)11-29-12-19(27)24-25-20(28)17-9-14-3-1-2-4-16(14)23-17/h1-9,23H,11-12H2,(H,22,26)(H,24,27)(H,25,28). The highest BCUT2D eigenvalue weighted by atomic mass is 16.5. The molecule has 3 rings (SSSR count). The Morgan fingerprint density at radius 1 is 0.966 bits per heavy atom. The fourth-order valence-electron chi connectivity index (χ4n) is 2.49. The second-order valence-corrected chi connectivity index (χ2v) is 6.00. The van der Waals surface area contributed by atoms with E-state index in [1.165, 1.54) is 0 Å². The molecule has 0 unspecified atom stereocenters. The molecule has 2 aromatic carbocycles. The number of hydrogen-bond donors (Lipinski definition) is 4. The highest BCUT2D eigenvalue weighted by Crippen LogP contribution is 2.14. The van der Waals surface area contributed by atoms with E-state index in [1.54, 1.807) is 30.3 Å². The van der Waals surface area contributed by atoms with Crippen LogP contribution < -0.4 is 16.2 Å². The molecule has 0 aliphatic heterocycles. The quantitative estimate of drug-likeness (QED) is 0.472. The first-order chi connectivity index (χ1) is 14.0. The number of nitriles is 1. The summed E-state index contributed by atoms with van der Waals surface area (Å²) in [5, 5.41) is 12.2. The molecular formula is C20H17N5O4. The van der Waals surface area contributed by atoms with Crippen LogP contribution in [0.1, 0.15) is 16.1 Å². The molecule has 1 aromatic heterocycles. The van der Waals surface area contributed by atoms with Gasteiger partial charge in [-0.15, -0.1) is 0 Å². The zero-order chi connectivity index (χ0) is 20.6. The van der Waals surface area contributed by atoms with Gasteiger partial charge in [0.2, 0.25) is 5.91 Å². The van der Waals surface area contributed by atoms with Crippen LogP contribution in [0.4, 0.5) is 5.69 Å². The molecule has 146 valence electrons. The number of para-hydroxylation sites is 1. The van der Waals surface area contributed by atoms with Crippen molar-refractivity contribution in [2.24, 2.45) is 0 Å². The van der Waals surface area contributed by atoms with E-state index in [1.807, 2.05) is 30.3 Å². The predicted molar refractivity (Wildman–Crippen MR) is 105 cm³/mol. The van der Waals surface area contributed by atoms with Gasteiger partial charge in [-0.3, -0.25) is 25.2 Å². The predicted octanol–water partition coefficient (Wildman–Crippen LogP) is 1.46. The summed E-state index contributed by atoms with van der Waals surface area (Å²) in [6.45, 7) is -0.753. The Morgan fingerprint density at radius 2 is 1.69 bits per heavy atom. The molecule has 3 aromatic rings. The Morgan fingerprint density at radius 3 is 2.41 bits per heavy atom. The van der Waals surface area contributed by atoms with Crippen molar-refractivity contribution >= 4 is 34.3 Å². The molecule has 0 saturated heterocycles. The summed E-state index contributed by atoms with van der Waals surface area (Å²) in [6, 6.07) is 17.3. The largest absolute Gasteiger partial charge is 0.362 e. The molecule has 0 spiro atoms. The van der Waals surface area contributed by atoms with Gasteiger partial charge in [0, 0.05) is 16.6 Å². The van der Waals surface area contributed by atoms with Crippen molar-refractivity contribution in [2.45, 2.75) is 0 Å². The third-order valence-electron chi connectivity index (χ3n) is 3.85. The topological polar surface area (TPSA) is 136 Å². The number of aromatic amines is 1. The summed E-state index contributed by atoms with van der Waals surface area (Å²) in [7, 11) is 0.